The quantitative estimate of drug-likeness (QED) is 0.810. The molecular weight excluding hydrogens is 208 g/mol. The number of nitrogens with one attached hydrogen (secondary N) is 1. The third-order valence-electron chi connectivity index (χ3n) is 4.72. The van der Waals surface area contributed by atoms with E-state index in [0.29, 0.717) is 0 Å². The minimum absolute atomic E-state index is 0.771. The Balaban J connectivity index is 1.75. The summed E-state index contributed by atoms with van der Waals surface area (Å²) in [6.07, 6.45) is 8.90. The number of hydrogen-bond acceptors (Lipinski definition) is 2. The van der Waals surface area contributed by atoms with E-state index in [1.165, 1.54) is 64.7 Å². The first-order valence-corrected chi connectivity index (χ1v) is 7.72. The van der Waals surface area contributed by atoms with Gasteiger partial charge < -0.3 is 5.32 Å². The molecule has 2 fully saturated rings. The molecule has 2 nitrogen and oxygen atoms in total. The van der Waals surface area contributed by atoms with Crippen LogP contribution < -0.4 is 5.32 Å². The van der Waals surface area contributed by atoms with Gasteiger partial charge in [0.2, 0.25) is 0 Å². The Kier molecular flexibility index (Phi) is 5.30. The minimum atomic E-state index is 0.771. The fraction of sp³-hybridized carbons (Fsp3) is 1.00. The van der Waals surface area contributed by atoms with Crippen molar-refractivity contribution in [3.8, 4) is 0 Å². The smallest absolute Gasteiger partial charge is 0.0244 e. The second-order valence-corrected chi connectivity index (χ2v) is 6.34. The Bertz CT molecular complexity index is 209. The summed E-state index contributed by atoms with van der Waals surface area (Å²) < 4.78 is 0. The van der Waals surface area contributed by atoms with Crippen LogP contribution in [0.4, 0.5) is 0 Å². The summed E-state index contributed by atoms with van der Waals surface area (Å²) in [5, 5.41) is 3.54. The second-order valence-electron chi connectivity index (χ2n) is 6.34. The van der Waals surface area contributed by atoms with E-state index >= 15 is 0 Å². The highest BCUT2D eigenvalue weighted by atomic mass is 15.2. The SMILES string of the molecule is CC(C)C1CNCCN1CCC1CCCCC1. The molecule has 1 saturated carbocycles. The predicted molar refractivity (Wildman–Crippen MR) is 74.3 cm³/mol. The number of nitrogens with zero attached hydrogens (tertiary/aromatic N) is 1. The molecule has 1 atom stereocenters. The fourth-order valence-electron chi connectivity index (χ4n) is 3.53. The number of hydrogen-bond donors (Lipinski definition) is 1. The zero-order valence-corrected chi connectivity index (χ0v) is 11.8. The lowest BCUT2D eigenvalue weighted by Crippen LogP contribution is -2.53. The topological polar surface area (TPSA) is 15.3 Å². The van der Waals surface area contributed by atoms with E-state index in [9.17, 15) is 0 Å². The largest absolute Gasteiger partial charge is 0.314 e. The monoisotopic (exact) mass is 238 g/mol. The predicted octanol–water partition coefficient (Wildman–Crippen LogP) is 2.89. The van der Waals surface area contributed by atoms with Crippen molar-refractivity contribution < 1.29 is 0 Å². The first-order valence-electron chi connectivity index (χ1n) is 7.72. The average molecular weight is 238 g/mol. The van der Waals surface area contributed by atoms with Gasteiger partial charge in [0.05, 0.1) is 0 Å². The Morgan fingerprint density at radius 3 is 2.65 bits per heavy atom. The molecule has 2 heteroatoms. The van der Waals surface area contributed by atoms with E-state index < -0.39 is 0 Å². The molecule has 1 N–H and O–H groups in total. The molecule has 1 aliphatic carbocycles. The lowest BCUT2D eigenvalue weighted by Gasteiger charge is -2.39. The second kappa shape index (κ2) is 6.75. The van der Waals surface area contributed by atoms with Gasteiger partial charge in [-0.2, -0.15) is 0 Å². The van der Waals surface area contributed by atoms with Gasteiger partial charge in [-0.25, -0.2) is 0 Å². The van der Waals surface area contributed by atoms with Gasteiger partial charge in [-0.15, -0.1) is 0 Å². The molecule has 1 unspecified atom stereocenters. The first-order chi connectivity index (χ1) is 8.27. The summed E-state index contributed by atoms with van der Waals surface area (Å²) >= 11 is 0. The standard InChI is InChI=1S/C15H30N2/c1-13(2)15-12-16-9-11-17(15)10-8-14-6-4-3-5-7-14/h13-16H,3-12H2,1-2H3. The maximum Gasteiger partial charge on any atom is 0.0244 e. The Hall–Kier alpha value is -0.0800. The summed E-state index contributed by atoms with van der Waals surface area (Å²) in [7, 11) is 0. The van der Waals surface area contributed by atoms with Gasteiger partial charge in [-0.05, 0) is 24.8 Å². The van der Waals surface area contributed by atoms with E-state index in [1.807, 2.05) is 0 Å². The van der Waals surface area contributed by atoms with Crippen LogP contribution in [-0.2, 0) is 0 Å². The molecule has 2 rings (SSSR count). The van der Waals surface area contributed by atoms with Crippen LogP contribution >= 0.6 is 0 Å². The van der Waals surface area contributed by atoms with Gasteiger partial charge in [0, 0.05) is 25.7 Å². The van der Waals surface area contributed by atoms with Gasteiger partial charge in [0.1, 0.15) is 0 Å². The molecule has 0 amide bonds. The number of piperazine rings is 1. The van der Waals surface area contributed by atoms with Crippen LogP contribution in [0.3, 0.4) is 0 Å². The maximum absolute atomic E-state index is 3.54. The van der Waals surface area contributed by atoms with Crippen LogP contribution in [0.1, 0.15) is 52.4 Å². The van der Waals surface area contributed by atoms with Crippen molar-refractivity contribution in [1.82, 2.24) is 10.2 Å². The van der Waals surface area contributed by atoms with Crippen molar-refractivity contribution >= 4 is 0 Å². The summed E-state index contributed by atoms with van der Waals surface area (Å²) in [6, 6.07) is 0.771. The van der Waals surface area contributed by atoms with Crippen LogP contribution in [0.25, 0.3) is 0 Å². The zero-order chi connectivity index (χ0) is 12.1. The van der Waals surface area contributed by atoms with Gasteiger partial charge in [0.15, 0.2) is 0 Å². The molecule has 2 aliphatic rings. The van der Waals surface area contributed by atoms with Crippen LogP contribution in [0.15, 0.2) is 0 Å². The molecule has 1 heterocycles. The van der Waals surface area contributed by atoms with Crippen LogP contribution in [0, 0.1) is 11.8 Å². The highest BCUT2D eigenvalue weighted by molar-refractivity contribution is 4.82. The van der Waals surface area contributed by atoms with Crippen LogP contribution in [0.2, 0.25) is 0 Å². The zero-order valence-electron chi connectivity index (χ0n) is 11.8. The minimum Gasteiger partial charge on any atom is -0.314 e. The lowest BCUT2D eigenvalue weighted by atomic mass is 9.86. The number of rotatable bonds is 4. The van der Waals surface area contributed by atoms with Gasteiger partial charge >= 0.3 is 0 Å². The molecule has 0 aromatic rings. The van der Waals surface area contributed by atoms with Gasteiger partial charge in [-0.3, -0.25) is 4.90 Å². The highest BCUT2D eigenvalue weighted by Gasteiger charge is 2.25. The lowest BCUT2D eigenvalue weighted by molar-refractivity contribution is 0.113. The van der Waals surface area contributed by atoms with E-state index in [-0.39, 0.29) is 0 Å². The van der Waals surface area contributed by atoms with Crippen molar-refractivity contribution in [2.24, 2.45) is 11.8 Å². The molecule has 1 saturated heterocycles. The van der Waals surface area contributed by atoms with Crippen LogP contribution in [0.5, 0.6) is 0 Å². The fourth-order valence-corrected chi connectivity index (χ4v) is 3.53. The highest BCUT2D eigenvalue weighted by Crippen LogP contribution is 2.27. The summed E-state index contributed by atoms with van der Waals surface area (Å²) in [5.41, 5.74) is 0. The summed E-state index contributed by atoms with van der Waals surface area (Å²) in [6.45, 7) is 9.72. The van der Waals surface area contributed by atoms with Gasteiger partial charge in [0.25, 0.3) is 0 Å². The van der Waals surface area contributed by atoms with Crippen molar-refractivity contribution in [3.05, 3.63) is 0 Å². The Morgan fingerprint density at radius 1 is 1.18 bits per heavy atom. The van der Waals surface area contributed by atoms with Crippen molar-refractivity contribution in [1.29, 1.82) is 0 Å². The van der Waals surface area contributed by atoms with E-state index in [0.717, 1.165) is 17.9 Å². The van der Waals surface area contributed by atoms with E-state index in [4.69, 9.17) is 0 Å². The van der Waals surface area contributed by atoms with Crippen molar-refractivity contribution in [2.75, 3.05) is 26.2 Å². The van der Waals surface area contributed by atoms with Gasteiger partial charge in [-0.1, -0.05) is 46.0 Å². The normalized spacial score (nSPS) is 28.8. The first kappa shape index (κ1) is 13.4. The third kappa shape index (κ3) is 3.96. The molecule has 0 bridgehead atoms. The van der Waals surface area contributed by atoms with E-state index in [2.05, 4.69) is 24.1 Å². The molecule has 17 heavy (non-hydrogen) atoms. The van der Waals surface area contributed by atoms with Crippen LogP contribution in [-0.4, -0.2) is 37.1 Å². The Labute approximate surface area is 107 Å². The summed E-state index contributed by atoms with van der Waals surface area (Å²) in [5.74, 6) is 1.82. The molecule has 0 radical (unpaired) electrons. The molecule has 0 spiro atoms. The Morgan fingerprint density at radius 2 is 1.94 bits per heavy atom. The van der Waals surface area contributed by atoms with E-state index in [1.54, 1.807) is 0 Å². The average Bonchev–Trinajstić information content (AvgIpc) is 2.38. The molecule has 100 valence electrons. The summed E-state index contributed by atoms with van der Waals surface area (Å²) in [4.78, 5) is 2.75. The molecular formula is C15H30N2. The maximum atomic E-state index is 3.54. The van der Waals surface area contributed by atoms with Crippen molar-refractivity contribution in [2.45, 2.75) is 58.4 Å². The molecule has 0 aromatic carbocycles. The molecule has 1 aliphatic heterocycles. The van der Waals surface area contributed by atoms with Crippen molar-refractivity contribution in [3.63, 3.8) is 0 Å². The third-order valence-corrected chi connectivity index (χ3v) is 4.72. The molecule has 0 aromatic heterocycles.